The number of benzene rings is 1. The van der Waals surface area contributed by atoms with E-state index in [2.05, 4.69) is 16.9 Å². The van der Waals surface area contributed by atoms with Crippen LogP contribution in [0.4, 0.5) is 8.78 Å². The summed E-state index contributed by atoms with van der Waals surface area (Å²) in [5.41, 5.74) is 0.673. The number of aromatic nitrogens is 2. The van der Waals surface area contributed by atoms with Gasteiger partial charge in [-0.05, 0) is 30.5 Å². The third-order valence-electron chi connectivity index (χ3n) is 4.44. The fraction of sp³-hybridized carbons (Fsp3) is 0.476. The number of hydrogen-bond acceptors (Lipinski definition) is 3. The summed E-state index contributed by atoms with van der Waals surface area (Å²) in [4.78, 5) is 8.42. The predicted octanol–water partition coefficient (Wildman–Crippen LogP) is 5.98. The van der Waals surface area contributed by atoms with E-state index in [0.717, 1.165) is 30.5 Å². The molecular weight excluding hydrogens is 332 g/mol. The SMILES string of the molecule is CCCCCCCCCCc1cnc(-c2cc(F)c(C#N)c(F)c2)nc1. The van der Waals surface area contributed by atoms with Crippen LogP contribution >= 0.6 is 0 Å². The van der Waals surface area contributed by atoms with Gasteiger partial charge in [-0.1, -0.05) is 51.9 Å². The number of aryl methyl sites for hydroxylation is 1. The van der Waals surface area contributed by atoms with Gasteiger partial charge in [-0.25, -0.2) is 18.7 Å². The van der Waals surface area contributed by atoms with Crippen LogP contribution in [0.15, 0.2) is 24.5 Å². The van der Waals surface area contributed by atoms with Crippen molar-refractivity contribution in [3.05, 3.63) is 47.3 Å². The monoisotopic (exact) mass is 357 g/mol. The molecule has 0 fully saturated rings. The quantitative estimate of drug-likeness (QED) is 0.492. The Bertz CT molecular complexity index is 713. The molecule has 0 saturated carbocycles. The molecule has 0 unspecified atom stereocenters. The lowest BCUT2D eigenvalue weighted by molar-refractivity contribution is 0.575. The molecule has 0 aliphatic heterocycles. The van der Waals surface area contributed by atoms with Crippen molar-refractivity contribution in [3.8, 4) is 17.5 Å². The van der Waals surface area contributed by atoms with Crippen molar-refractivity contribution in [2.45, 2.75) is 64.7 Å². The third kappa shape index (κ3) is 5.87. The molecule has 1 heterocycles. The fourth-order valence-electron chi connectivity index (χ4n) is 2.90. The van der Waals surface area contributed by atoms with Gasteiger partial charge >= 0.3 is 0 Å². The summed E-state index contributed by atoms with van der Waals surface area (Å²) >= 11 is 0. The molecule has 0 spiro atoms. The molecule has 2 rings (SSSR count). The Hall–Kier alpha value is -2.35. The molecule has 26 heavy (non-hydrogen) atoms. The molecule has 1 aromatic heterocycles. The topological polar surface area (TPSA) is 49.6 Å². The van der Waals surface area contributed by atoms with Gasteiger partial charge in [0.2, 0.25) is 0 Å². The maximum atomic E-state index is 13.7. The second-order valence-corrected chi connectivity index (χ2v) is 6.57. The predicted molar refractivity (Wildman–Crippen MR) is 98.4 cm³/mol. The van der Waals surface area contributed by atoms with Crippen LogP contribution in [-0.4, -0.2) is 9.97 Å². The van der Waals surface area contributed by atoms with Crippen molar-refractivity contribution in [1.82, 2.24) is 9.97 Å². The summed E-state index contributed by atoms with van der Waals surface area (Å²) in [6.45, 7) is 2.22. The van der Waals surface area contributed by atoms with Gasteiger partial charge < -0.3 is 0 Å². The first-order valence-electron chi connectivity index (χ1n) is 9.36. The maximum absolute atomic E-state index is 13.7. The molecule has 0 aliphatic rings. The summed E-state index contributed by atoms with van der Waals surface area (Å²) in [5, 5.41) is 8.71. The van der Waals surface area contributed by atoms with Crippen molar-refractivity contribution in [2.75, 3.05) is 0 Å². The number of rotatable bonds is 10. The van der Waals surface area contributed by atoms with Crippen LogP contribution in [0.2, 0.25) is 0 Å². The molecule has 1 aromatic carbocycles. The first-order valence-corrected chi connectivity index (χ1v) is 9.36. The lowest BCUT2D eigenvalue weighted by atomic mass is 10.1. The molecule has 0 N–H and O–H groups in total. The minimum absolute atomic E-state index is 0.234. The minimum Gasteiger partial charge on any atom is -0.236 e. The largest absolute Gasteiger partial charge is 0.236 e. The maximum Gasteiger partial charge on any atom is 0.159 e. The number of hydrogen-bond donors (Lipinski definition) is 0. The van der Waals surface area contributed by atoms with E-state index in [1.807, 2.05) is 0 Å². The second-order valence-electron chi connectivity index (χ2n) is 6.57. The van der Waals surface area contributed by atoms with Gasteiger partial charge in [0.05, 0.1) is 0 Å². The molecule has 0 atom stereocenters. The second kappa shape index (κ2) is 10.6. The van der Waals surface area contributed by atoms with E-state index in [1.165, 1.54) is 51.0 Å². The summed E-state index contributed by atoms with van der Waals surface area (Å²) in [7, 11) is 0. The standard InChI is InChI=1S/C21H25F2N3/c1-2-3-4-5-6-7-8-9-10-16-14-25-21(26-15-16)17-11-19(22)18(13-24)20(23)12-17/h11-12,14-15H,2-10H2,1H3. The molecule has 5 heteroatoms. The van der Waals surface area contributed by atoms with Crippen LogP contribution in [0.3, 0.4) is 0 Å². The van der Waals surface area contributed by atoms with Gasteiger partial charge in [-0.15, -0.1) is 0 Å². The average Bonchev–Trinajstić information content (AvgIpc) is 2.64. The van der Waals surface area contributed by atoms with Crippen LogP contribution in [-0.2, 0) is 6.42 Å². The Balaban J connectivity index is 1.82. The van der Waals surface area contributed by atoms with E-state index in [-0.39, 0.29) is 11.4 Å². The zero-order chi connectivity index (χ0) is 18.8. The van der Waals surface area contributed by atoms with E-state index in [1.54, 1.807) is 12.4 Å². The first kappa shape index (κ1) is 20.0. The Morgan fingerprint density at radius 3 is 1.96 bits per heavy atom. The lowest BCUT2D eigenvalue weighted by Crippen LogP contribution is -1.96. The highest BCUT2D eigenvalue weighted by Crippen LogP contribution is 2.21. The number of nitriles is 1. The van der Waals surface area contributed by atoms with E-state index in [4.69, 9.17) is 5.26 Å². The number of unbranched alkanes of at least 4 members (excludes halogenated alkanes) is 7. The molecule has 3 nitrogen and oxygen atoms in total. The molecule has 0 radical (unpaired) electrons. The normalized spacial score (nSPS) is 10.7. The van der Waals surface area contributed by atoms with Gasteiger partial charge in [0.25, 0.3) is 0 Å². The van der Waals surface area contributed by atoms with Gasteiger partial charge in [0.1, 0.15) is 23.3 Å². The average molecular weight is 357 g/mol. The van der Waals surface area contributed by atoms with Gasteiger partial charge in [0, 0.05) is 18.0 Å². The summed E-state index contributed by atoms with van der Waals surface area (Å²) in [5.74, 6) is -1.53. The molecule has 0 saturated heterocycles. The first-order chi connectivity index (χ1) is 12.7. The van der Waals surface area contributed by atoms with E-state index in [0.29, 0.717) is 0 Å². The lowest BCUT2D eigenvalue weighted by Gasteiger charge is -2.05. The Labute approximate surface area is 154 Å². The molecule has 0 aliphatic carbocycles. The summed E-state index contributed by atoms with van der Waals surface area (Å²) in [6.07, 6.45) is 14.4. The van der Waals surface area contributed by atoms with Crippen molar-refractivity contribution < 1.29 is 8.78 Å². The van der Waals surface area contributed by atoms with Crippen molar-refractivity contribution in [3.63, 3.8) is 0 Å². The van der Waals surface area contributed by atoms with Gasteiger partial charge in [-0.3, -0.25) is 0 Å². The van der Waals surface area contributed by atoms with Gasteiger partial charge in [0.15, 0.2) is 5.82 Å². The highest BCUT2D eigenvalue weighted by Gasteiger charge is 2.13. The highest BCUT2D eigenvalue weighted by molar-refractivity contribution is 5.57. The summed E-state index contributed by atoms with van der Waals surface area (Å²) in [6, 6.07) is 3.69. The Kier molecular flexibility index (Phi) is 8.14. The van der Waals surface area contributed by atoms with Crippen LogP contribution in [0, 0.1) is 23.0 Å². The number of nitrogens with zero attached hydrogens (tertiary/aromatic N) is 3. The zero-order valence-corrected chi connectivity index (χ0v) is 15.3. The Morgan fingerprint density at radius 1 is 0.885 bits per heavy atom. The minimum atomic E-state index is -0.894. The molecular formula is C21H25F2N3. The molecule has 2 aromatic rings. The Morgan fingerprint density at radius 2 is 1.42 bits per heavy atom. The van der Waals surface area contributed by atoms with Crippen LogP contribution in [0.1, 0.15) is 69.4 Å². The van der Waals surface area contributed by atoms with E-state index >= 15 is 0 Å². The summed E-state index contributed by atoms with van der Waals surface area (Å²) < 4.78 is 27.4. The van der Waals surface area contributed by atoms with Crippen LogP contribution < -0.4 is 0 Å². The smallest absolute Gasteiger partial charge is 0.159 e. The third-order valence-corrected chi connectivity index (χ3v) is 4.44. The van der Waals surface area contributed by atoms with E-state index in [9.17, 15) is 8.78 Å². The van der Waals surface area contributed by atoms with Gasteiger partial charge in [-0.2, -0.15) is 5.26 Å². The zero-order valence-electron chi connectivity index (χ0n) is 15.3. The van der Waals surface area contributed by atoms with Crippen LogP contribution in [0.5, 0.6) is 0 Å². The molecule has 0 amide bonds. The van der Waals surface area contributed by atoms with Crippen LogP contribution in [0.25, 0.3) is 11.4 Å². The van der Waals surface area contributed by atoms with E-state index < -0.39 is 17.2 Å². The van der Waals surface area contributed by atoms with Crippen molar-refractivity contribution in [2.24, 2.45) is 0 Å². The number of halogens is 2. The van der Waals surface area contributed by atoms with Crippen molar-refractivity contribution >= 4 is 0 Å². The fourth-order valence-corrected chi connectivity index (χ4v) is 2.90. The highest BCUT2D eigenvalue weighted by atomic mass is 19.1. The molecule has 0 bridgehead atoms. The van der Waals surface area contributed by atoms with Crippen molar-refractivity contribution in [1.29, 1.82) is 5.26 Å². The molecule has 138 valence electrons.